The Kier molecular flexibility index (Phi) is 6.40. The molecule has 0 fully saturated rings. The van der Waals surface area contributed by atoms with Gasteiger partial charge in [0.15, 0.2) is 0 Å². The summed E-state index contributed by atoms with van der Waals surface area (Å²) in [4.78, 5) is 22.8. The molecule has 6 heteroatoms. The van der Waals surface area contributed by atoms with Gasteiger partial charge in [-0.1, -0.05) is 13.8 Å². The largest absolute Gasteiger partial charge is 0.353 e. The van der Waals surface area contributed by atoms with Gasteiger partial charge in [0.25, 0.3) is 0 Å². The Balaban J connectivity index is 3.82. The van der Waals surface area contributed by atoms with Crippen LogP contribution in [0, 0.1) is 0 Å². The topological polar surface area (TPSA) is 58.2 Å². The molecule has 17 heavy (non-hydrogen) atoms. The molecule has 0 saturated carbocycles. The van der Waals surface area contributed by atoms with Crippen LogP contribution in [0.4, 0.5) is 0 Å². The Morgan fingerprint density at radius 3 is 1.88 bits per heavy atom. The Morgan fingerprint density at radius 1 is 0.941 bits per heavy atom. The van der Waals surface area contributed by atoms with Crippen molar-refractivity contribution in [3.8, 4) is 0 Å². The van der Waals surface area contributed by atoms with E-state index < -0.39 is 0 Å². The summed E-state index contributed by atoms with van der Waals surface area (Å²) in [6.45, 7) is 7.95. The number of hydrogen-bond donors (Lipinski definition) is 4. The maximum Gasteiger partial charge on any atom is 0.239 e. The minimum Gasteiger partial charge on any atom is -0.353 e. The lowest BCUT2D eigenvalue weighted by atomic mass is 10.1. The molecule has 0 radical (unpaired) electrons. The van der Waals surface area contributed by atoms with E-state index in [1.54, 1.807) is 0 Å². The van der Waals surface area contributed by atoms with Crippen LogP contribution < -0.4 is 10.6 Å². The summed E-state index contributed by atoms with van der Waals surface area (Å²) in [5, 5.41) is 5.24. The predicted molar refractivity (Wildman–Crippen MR) is 76.8 cm³/mol. The van der Waals surface area contributed by atoms with Crippen molar-refractivity contribution in [3.63, 3.8) is 0 Å². The zero-order valence-electron chi connectivity index (χ0n) is 10.8. The van der Waals surface area contributed by atoms with E-state index in [1.165, 1.54) is 0 Å². The lowest BCUT2D eigenvalue weighted by Crippen LogP contribution is -2.42. The van der Waals surface area contributed by atoms with Crippen LogP contribution in [-0.2, 0) is 9.59 Å². The zero-order chi connectivity index (χ0) is 13.7. The van der Waals surface area contributed by atoms with Gasteiger partial charge in [0.1, 0.15) is 0 Å². The molecule has 0 heterocycles. The molecular weight excluding hydrogens is 256 g/mol. The first-order valence-electron chi connectivity index (χ1n) is 5.48. The number of nitrogens with one attached hydrogen (secondary N) is 2. The molecule has 0 saturated heterocycles. The second-order valence-electron chi connectivity index (χ2n) is 5.36. The van der Waals surface area contributed by atoms with E-state index in [1.807, 2.05) is 27.7 Å². The van der Waals surface area contributed by atoms with Crippen molar-refractivity contribution in [3.05, 3.63) is 0 Å². The molecule has 0 aromatic heterocycles. The molecule has 100 valence electrons. The van der Waals surface area contributed by atoms with Crippen molar-refractivity contribution in [2.24, 2.45) is 0 Å². The van der Waals surface area contributed by atoms with Crippen LogP contribution in [0.3, 0.4) is 0 Å². The molecule has 0 spiro atoms. The Bertz CT molecular complexity index is 280. The third-order valence-corrected chi connectivity index (χ3v) is 2.07. The summed E-state index contributed by atoms with van der Waals surface area (Å²) in [5.74, 6) is -0.386. The van der Waals surface area contributed by atoms with Crippen molar-refractivity contribution in [2.45, 2.75) is 43.6 Å². The number of amides is 2. The molecule has 0 aromatic rings. The minimum absolute atomic E-state index is 0.00739. The van der Waals surface area contributed by atoms with Gasteiger partial charge >= 0.3 is 0 Å². The average Bonchev–Trinajstić information content (AvgIpc) is 2.07. The molecule has 0 aromatic carbocycles. The molecule has 2 N–H and O–H groups in total. The lowest BCUT2D eigenvalue weighted by Gasteiger charge is -2.18. The molecule has 0 atom stereocenters. The van der Waals surface area contributed by atoms with Crippen molar-refractivity contribution < 1.29 is 9.59 Å². The SMILES string of the molecule is CC(C)(S)CNC(=O)CNC(=O)CC(C)(C)S. The van der Waals surface area contributed by atoms with E-state index in [-0.39, 0.29) is 34.3 Å². The summed E-state index contributed by atoms with van der Waals surface area (Å²) in [6.07, 6.45) is 0.279. The van der Waals surface area contributed by atoms with Crippen molar-refractivity contribution in [1.29, 1.82) is 0 Å². The summed E-state index contributed by atoms with van der Waals surface area (Å²) in [7, 11) is 0. The van der Waals surface area contributed by atoms with Crippen LogP contribution in [0.25, 0.3) is 0 Å². The smallest absolute Gasteiger partial charge is 0.239 e. The monoisotopic (exact) mass is 278 g/mol. The number of hydrogen-bond acceptors (Lipinski definition) is 4. The molecular formula is C11H22N2O2S2. The van der Waals surface area contributed by atoms with Crippen LogP contribution in [0.5, 0.6) is 0 Å². The fourth-order valence-electron chi connectivity index (χ4n) is 1.01. The van der Waals surface area contributed by atoms with Gasteiger partial charge in [-0.15, -0.1) is 0 Å². The van der Waals surface area contributed by atoms with Crippen LogP contribution >= 0.6 is 25.3 Å². The van der Waals surface area contributed by atoms with Gasteiger partial charge < -0.3 is 10.6 Å². The van der Waals surface area contributed by atoms with E-state index >= 15 is 0 Å². The molecule has 0 aliphatic heterocycles. The Morgan fingerprint density at radius 2 is 1.47 bits per heavy atom. The Labute approximate surface area is 114 Å². The third kappa shape index (κ3) is 11.9. The Hall–Kier alpha value is -0.360. The van der Waals surface area contributed by atoms with E-state index in [0.717, 1.165) is 0 Å². The van der Waals surface area contributed by atoms with Gasteiger partial charge in [-0.05, 0) is 13.8 Å². The second-order valence-corrected chi connectivity index (χ2v) is 7.78. The first-order valence-corrected chi connectivity index (χ1v) is 6.37. The first kappa shape index (κ1) is 16.6. The standard InChI is InChI=1S/C11H22N2O2S2/c1-10(2,16)5-8(14)12-6-9(15)13-7-11(3,4)17/h16-17H,5-7H2,1-4H3,(H,12,14)(H,13,15). The molecule has 0 rings (SSSR count). The summed E-state index contributed by atoms with van der Waals surface area (Å²) in [5.41, 5.74) is 0. The number of thiol groups is 2. The van der Waals surface area contributed by atoms with Crippen molar-refractivity contribution >= 4 is 37.1 Å². The molecule has 0 bridgehead atoms. The summed E-state index contributed by atoms with van der Waals surface area (Å²) >= 11 is 8.53. The molecule has 0 unspecified atom stereocenters. The quantitative estimate of drug-likeness (QED) is 0.549. The fraction of sp³-hybridized carbons (Fsp3) is 0.818. The molecule has 4 nitrogen and oxygen atoms in total. The van der Waals surface area contributed by atoms with E-state index in [0.29, 0.717) is 6.54 Å². The van der Waals surface area contributed by atoms with Gasteiger partial charge in [0.2, 0.25) is 11.8 Å². The summed E-state index contributed by atoms with van der Waals surface area (Å²) < 4.78 is -0.625. The van der Waals surface area contributed by atoms with E-state index in [2.05, 4.69) is 35.9 Å². The van der Waals surface area contributed by atoms with E-state index in [4.69, 9.17) is 0 Å². The predicted octanol–water partition coefficient (Wildman–Crippen LogP) is 1.03. The zero-order valence-corrected chi connectivity index (χ0v) is 12.6. The normalized spacial score (nSPS) is 12.1. The first-order chi connectivity index (χ1) is 7.49. The lowest BCUT2D eigenvalue weighted by molar-refractivity contribution is -0.126. The third-order valence-electron chi connectivity index (χ3n) is 1.76. The second kappa shape index (κ2) is 6.54. The maximum atomic E-state index is 11.4. The minimum atomic E-state index is -0.367. The molecule has 0 aliphatic rings. The van der Waals surface area contributed by atoms with Crippen molar-refractivity contribution in [1.82, 2.24) is 10.6 Å². The van der Waals surface area contributed by atoms with Crippen LogP contribution in [0.1, 0.15) is 34.1 Å². The molecule has 2 amide bonds. The molecule has 0 aliphatic carbocycles. The van der Waals surface area contributed by atoms with Crippen LogP contribution in [0.15, 0.2) is 0 Å². The fourth-order valence-corrected chi connectivity index (χ4v) is 1.23. The highest BCUT2D eigenvalue weighted by molar-refractivity contribution is 7.82. The highest BCUT2D eigenvalue weighted by atomic mass is 32.1. The van der Waals surface area contributed by atoms with Crippen LogP contribution in [0.2, 0.25) is 0 Å². The number of carbonyl (C=O) groups excluding carboxylic acids is 2. The highest BCUT2D eigenvalue weighted by Gasteiger charge is 2.18. The van der Waals surface area contributed by atoms with Gasteiger partial charge in [0.05, 0.1) is 6.54 Å². The van der Waals surface area contributed by atoms with Gasteiger partial charge in [-0.2, -0.15) is 25.3 Å². The number of carbonyl (C=O) groups is 2. The van der Waals surface area contributed by atoms with Crippen LogP contribution in [-0.4, -0.2) is 34.4 Å². The highest BCUT2D eigenvalue weighted by Crippen LogP contribution is 2.16. The average molecular weight is 278 g/mol. The van der Waals surface area contributed by atoms with Gasteiger partial charge in [-0.25, -0.2) is 0 Å². The number of rotatable bonds is 6. The van der Waals surface area contributed by atoms with Crippen molar-refractivity contribution in [2.75, 3.05) is 13.1 Å². The van der Waals surface area contributed by atoms with Gasteiger partial charge in [0, 0.05) is 22.5 Å². The maximum absolute atomic E-state index is 11.4. The van der Waals surface area contributed by atoms with E-state index in [9.17, 15) is 9.59 Å². The summed E-state index contributed by atoms with van der Waals surface area (Å²) in [6, 6.07) is 0. The van der Waals surface area contributed by atoms with Gasteiger partial charge in [-0.3, -0.25) is 9.59 Å².